The van der Waals surface area contributed by atoms with Gasteiger partial charge in [-0.25, -0.2) is 0 Å². The number of guanidine groups is 1. The van der Waals surface area contributed by atoms with Crippen LogP contribution in [0.3, 0.4) is 0 Å². The highest BCUT2D eigenvalue weighted by Crippen LogP contribution is 2.03. The van der Waals surface area contributed by atoms with Crippen molar-refractivity contribution < 1.29 is 0 Å². The van der Waals surface area contributed by atoms with Gasteiger partial charge in [0.05, 0.1) is 0 Å². The number of piperazine rings is 1. The molecule has 6 heteroatoms. The maximum Gasteiger partial charge on any atom is 0.191 e. The van der Waals surface area contributed by atoms with Crippen LogP contribution in [0.1, 0.15) is 40.5 Å². The van der Waals surface area contributed by atoms with Crippen molar-refractivity contribution in [3.63, 3.8) is 0 Å². The molecule has 1 rings (SSSR count). The van der Waals surface area contributed by atoms with Gasteiger partial charge in [0.15, 0.2) is 5.96 Å². The van der Waals surface area contributed by atoms with Crippen molar-refractivity contribution in [2.45, 2.75) is 40.5 Å². The van der Waals surface area contributed by atoms with Crippen molar-refractivity contribution in [2.75, 3.05) is 58.9 Å². The van der Waals surface area contributed by atoms with Crippen molar-refractivity contribution in [3.8, 4) is 0 Å². The van der Waals surface area contributed by atoms with Crippen molar-refractivity contribution in [1.29, 1.82) is 0 Å². The second-order valence-corrected chi connectivity index (χ2v) is 6.50. The summed E-state index contributed by atoms with van der Waals surface area (Å²) in [6, 6.07) is 0. The number of nitrogens with zero attached hydrogens (tertiary/aromatic N) is 3. The number of hydrogen-bond donors (Lipinski definition) is 2. The molecule has 2 N–H and O–H groups in total. The first kappa shape index (κ1) is 22.9. The molecule has 0 amide bonds. The summed E-state index contributed by atoms with van der Waals surface area (Å²) in [4.78, 5) is 9.72. The van der Waals surface area contributed by atoms with Gasteiger partial charge in [-0.2, -0.15) is 0 Å². The van der Waals surface area contributed by atoms with Crippen LogP contribution < -0.4 is 10.6 Å². The minimum Gasteiger partial charge on any atom is -0.357 e. The average molecular weight is 439 g/mol. The molecule has 0 unspecified atom stereocenters. The number of rotatable bonds is 9. The normalized spacial score (nSPS) is 17.2. The smallest absolute Gasteiger partial charge is 0.191 e. The summed E-state index contributed by atoms with van der Waals surface area (Å²) in [7, 11) is 0. The average Bonchev–Trinajstić information content (AvgIpc) is 2.52. The summed E-state index contributed by atoms with van der Waals surface area (Å²) in [6.07, 6.45) is 2.43. The number of halogens is 1. The molecule has 1 heterocycles. The molecule has 1 aliphatic heterocycles. The van der Waals surface area contributed by atoms with Gasteiger partial charge in [0.1, 0.15) is 0 Å². The van der Waals surface area contributed by atoms with Gasteiger partial charge >= 0.3 is 0 Å². The molecule has 0 bridgehead atoms. The minimum absolute atomic E-state index is 0. The summed E-state index contributed by atoms with van der Waals surface area (Å²) in [5, 5.41) is 6.80. The van der Waals surface area contributed by atoms with Gasteiger partial charge in [0.2, 0.25) is 0 Å². The molecule has 23 heavy (non-hydrogen) atoms. The molecule has 138 valence electrons. The first-order chi connectivity index (χ1) is 10.7. The maximum atomic E-state index is 4.66. The van der Waals surface area contributed by atoms with Crippen LogP contribution in [-0.4, -0.2) is 74.7 Å². The van der Waals surface area contributed by atoms with Crippen molar-refractivity contribution in [3.05, 3.63) is 0 Å². The Labute approximate surface area is 160 Å². The van der Waals surface area contributed by atoms with E-state index in [0.29, 0.717) is 0 Å². The highest BCUT2D eigenvalue weighted by molar-refractivity contribution is 14.0. The predicted molar refractivity (Wildman–Crippen MR) is 112 cm³/mol. The van der Waals surface area contributed by atoms with E-state index in [2.05, 4.69) is 53.1 Å². The lowest BCUT2D eigenvalue weighted by Gasteiger charge is -2.34. The SMILES string of the molecule is CCNC(=NCCCC(C)C)NCCN1CCN(CC)CC1.I. The molecule has 1 aliphatic rings. The monoisotopic (exact) mass is 439 g/mol. The van der Waals surface area contributed by atoms with Gasteiger partial charge in [-0.15, -0.1) is 24.0 Å². The number of aliphatic imine (C=N–C) groups is 1. The number of likely N-dealkylation sites (N-methyl/N-ethyl adjacent to an activating group) is 1. The van der Waals surface area contributed by atoms with Crippen LogP contribution in [0.25, 0.3) is 0 Å². The topological polar surface area (TPSA) is 42.9 Å². The Hall–Kier alpha value is -0.0800. The van der Waals surface area contributed by atoms with Crippen LogP contribution in [0.15, 0.2) is 4.99 Å². The molecule has 0 saturated carbocycles. The number of nitrogens with one attached hydrogen (secondary N) is 2. The third-order valence-electron chi connectivity index (χ3n) is 4.19. The van der Waals surface area contributed by atoms with Crippen molar-refractivity contribution in [1.82, 2.24) is 20.4 Å². The van der Waals surface area contributed by atoms with E-state index < -0.39 is 0 Å². The van der Waals surface area contributed by atoms with Crippen molar-refractivity contribution >= 4 is 29.9 Å². The van der Waals surface area contributed by atoms with E-state index in [-0.39, 0.29) is 24.0 Å². The van der Waals surface area contributed by atoms with Crippen LogP contribution in [0.4, 0.5) is 0 Å². The summed E-state index contributed by atoms with van der Waals surface area (Å²) < 4.78 is 0. The predicted octanol–water partition coefficient (Wildman–Crippen LogP) is 2.23. The van der Waals surface area contributed by atoms with Crippen LogP contribution in [0.2, 0.25) is 0 Å². The Morgan fingerprint density at radius 2 is 1.70 bits per heavy atom. The fraction of sp³-hybridized carbons (Fsp3) is 0.941. The highest BCUT2D eigenvalue weighted by atomic mass is 127. The summed E-state index contributed by atoms with van der Waals surface area (Å²) in [5.74, 6) is 1.74. The molecule has 0 radical (unpaired) electrons. The van der Waals surface area contributed by atoms with Gasteiger partial charge in [0, 0.05) is 52.4 Å². The second-order valence-electron chi connectivity index (χ2n) is 6.50. The molecule has 0 aromatic rings. The zero-order chi connectivity index (χ0) is 16.2. The second kappa shape index (κ2) is 14.3. The Bertz CT molecular complexity index is 301. The fourth-order valence-corrected chi connectivity index (χ4v) is 2.69. The van der Waals surface area contributed by atoms with Gasteiger partial charge in [-0.05, 0) is 32.2 Å². The zero-order valence-corrected chi connectivity index (χ0v) is 17.9. The Morgan fingerprint density at radius 3 is 2.26 bits per heavy atom. The zero-order valence-electron chi connectivity index (χ0n) is 15.6. The molecule has 0 aromatic heterocycles. The van der Waals surface area contributed by atoms with Crippen molar-refractivity contribution in [2.24, 2.45) is 10.9 Å². The van der Waals surface area contributed by atoms with Gasteiger partial charge in [0.25, 0.3) is 0 Å². The standard InChI is InChI=1S/C17H37N5.HI/c1-5-18-17(19-9-7-8-16(3)4)20-10-11-22-14-12-21(6-2)13-15-22;/h16H,5-15H2,1-4H3,(H2,18,19,20);1H. The third kappa shape index (κ3) is 11.2. The molecule has 1 fully saturated rings. The van der Waals surface area contributed by atoms with Gasteiger partial charge in [-0.1, -0.05) is 20.8 Å². The minimum atomic E-state index is 0. The van der Waals surface area contributed by atoms with E-state index >= 15 is 0 Å². The van der Waals surface area contributed by atoms with Gasteiger partial charge in [-0.3, -0.25) is 9.89 Å². The third-order valence-corrected chi connectivity index (χ3v) is 4.19. The summed E-state index contributed by atoms with van der Waals surface area (Å²) in [5.41, 5.74) is 0. The van der Waals surface area contributed by atoms with E-state index in [1.165, 1.54) is 45.6 Å². The van der Waals surface area contributed by atoms with E-state index in [9.17, 15) is 0 Å². The quantitative estimate of drug-likeness (QED) is 0.250. The lowest BCUT2D eigenvalue weighted by Crippen LogP contribution is -2.49. The molecule has 0 aliphatic carbocycles. The largest absolute Gasteiger partial charge is 0.357 e. The maximum absolute atomic E-state index is 4.66. The lowest BCUT2D eigenvalue weighted by molar-refractivity contribution is 0.139. The molecular weight excluding hydrogens is 401 g/mol. The van der Waals surface area contributed by atoms with E-state index in [4.69, 9.17) is 0 Å². The number of hydrogen-bond acceptors (Lipinski definition) is 3. The van der Waals surface area contributed by atoms with E-state index in [1.807, 2.05) is 0 Å². The molecular formula is C17H38IN5. The Balaban J connectivity index is 0.00000484. The molecule has 1 saturated heterocycles. The van der Waals surface area contributed by atoms with Gasteiger partial charge < -0.3 is 15.5 Å². The first-order valence-corrected chi connectivity index (χ1v) is 9.12. The summed E-state index contributed by atoms with van der Waals surface area (Å²) >= 11 is 0. The molecule has 0 spiro atoms. The van der Waals surface area contributed by atoms with Crippen LogP contribution in [0, 0.1) is 5.92 Å². The van der Waals surface area contributed by atoms with Crippen LogP contribution in [0.5, 0.6) is 0 Å². The molecule has 0 atom stereocenters. The Kier molecular flexibility index (Phi) is 14.2. The van der Waals surface area contributed by atoms with Crippen LogP contribution >= 0.6 is 24.0 Å². The molecule has 0 aromatic carbocycles. The first-order valence-electron chi connectivity index (χ1n) is 9.12. The molecule has 5 nitrogen and oxygen atoms in total. The van der Waals surface area contributed by atoms with E-state index in [1.54, 1.807) is 0 Å². The summed E-state index contributed by atoms with van der Waals surface area (Å²) in [6.45, 7) is 18.8. The van der Waals surface area contributed by atoms with Crippen LogP contribution in [-0.2, 0) is 0 Å². The van der Waals surface area contributed by atoms with E-state index in [0.717, 1.165) is 38.1 Å². The highest BCUT2D eigenvalue weighted by Gasteiger charge is 2.14. The Morgan fingerprint density at radius 1 is 1.04 bits per heavy atom. The fourth-order valence-electron chi connectivity index (χ4n) is 2.69. The lowest BCUT2D eigenvalue weighted by atomic mass is 10.1.